The molecule has 0 aliphatic heterocycles. The molecule has 0 unspecified atom stereocenters. The monoisotopic (exact) mass is 497 g/mol. The zero-order valence-electron chi connectivity index (χ0n) is 19.2. The number of amides is 2. The van der Waals surface area contributed by atoms with Crippen LogP contribution in [-0.4, -0.2) is 65.2 Å². The van der Waals surface area contributed by atoms with Gasteiger partial charge >= 0.3 is 0 Å². The fourth-order valence-electron chi connectivity index (χ4n) is 3.21. The summed E-state index contributed by atoms with van der Waals surface area (Å²) >= 11 is 6.07. The van der Waals surface area contributed by atoms with Gasteiger partial charge in [0.05, 0.1) is 26.2 Å². The summed E-state index contributed by atoms with van der Waals surface area (Å²) < 4.78 is 36.7. The smallest absolute Gasteiger partial charge is 0.244 e. The molecule has 33 heavy (non-hydrogen) atoms. The Kier molecular flexibility index (Phi) is 8.95. The molecule has 0 aliphatic carbocycles. The van der Waals surface area contributed by atoms with Crippen LogP contribution in [0.2, 0.25) is 5.02 Å². The Hall–Kier alpha value is -2.98. The average Bonchev–Trinajstić information content (AvgIpc) is 2.78. The number of hydrogen-bond acceptors (Lipinski definition) is 6. The van der Waals surface area contributed by atoms with E-state index in [1.54, 1.807) is 37.3 Å². The lowest BCUT2D eigenvalue weighted by Gasteiger charge is -2.31. The third-order valence-electron chi connectivity index (χ3n) is 4.99. The minimum absolute atomic E-state index is 0.0608. The van der Waals surface area contributed by atoms with Crippen molar-refractivity contribution in [2.75, 3.05) is 38.4 Å². The zero-order chi connectivity index (χ0) is 24.8. The molecule has 0 aliphatic rings. The second kappa shape index (κ2) is 11.2. The van der Waals surface area contributed by atoms with Crippen molar-refractivity contribution in [2.45, 2.75) is 19.5 Å². The van der Waals surface area contributed by atoms with Crippen LogP contribution in [-0.2, 0) is 26.2 Å². The molecule has 0 spiro atoms. The number of nitrogens with one attached hydrogen (secondary N) is 1. The van der Waals surface area contributed by atoms with E-state index in [4.69, 9.17) is 21.1 Å². The van der Waals surface area contributed by atoms with Gasteiger partial charge in [0.2, 0.25) is 21.8 Å². The maximum atomic E-state index is 13.4. The second-order valence-electron chi connectivity index (χ2n) is 7.25. The van der Waals surface area contributed by atoms with E-state index in [1.807, 2.05) is 0 Å². The number of nitrogens with zero attached hydrogens (tertiary/aromatic N) is 2. The molecule has 0 fully saturated rings. The van der Waals surface area contributed by atoms with E-state index >= 15 is 0 Å². The highest BCUT2D eigenvalue weighted by molar-refractivity contribution is 7.92. The lowest BCUT2D eigenvalue weighted by molar-refractivity contribution is -0.139. The van der Waals surface area contributed by atoms with Gasteiger partial charge in [0, 0.05) is 24.7 Å². The molecule has 0 saturated heterocycles. The minimum Gasteiger partial charge on any atom is -0.497 e. The summed E-state index contributed by atoms with van der Waals surface area (Å²) in [4.78, 5) is 27.0. The number of anilines is 1. The highest BCUT2D eigenvalue weighted by Crippen LogP contribution is 2.33. The van der Waals surface area contributed by atoms with Gasteiger partial charge in [-0.2, -0.15) is 0 Å². The number of benzene rings is 2. The first-order chi connectivity index (χ1) is 15.5. The molecule has 0 aromatic heterocycles. The van der Waals surface area contributed by atoms with Crippen LogP contribution in [0.15, 0.2) is 42.5 Å². The third-order valence-corrected chi connectivity index (χ3v) is 6.35. The number of sulfonamides is 1. The van der Waals surface area contributed by atoms with Crippen molar-refractivity contribution < 1.29 is 27.5 Å². The molecule has 0 heterocycles. The van der Waals surface area contributed by atoms with Crippen LogP contribution < -0.4 is 19.1 Å². The SMILES string of the molecule is CNC(=O)[C@H](C)N(Cc1cccc(Cl)c1)C(=O)CN(c1ccc(OC)cc1OC)S(C)(=O)=O. The van der Waals surface area contributed by atoms with E-state index < -0.39 is 34.4 Å². The van der Waals surface area contributed by atoms with Gasteiger partial charge in [-0.15, -0.1) is 0 Å². The Morgan fingerprint density at radius 1 is 1.12 bits per heavy atom. The summed E-state index contributed by atoms with van der Waals surface area (Å²) in [6, 6.07) is 10.6. The van der Waals surface area contributed by atoms with Crippen LogP contribution in [0.1, 0.15) is 12.5 Å². The van der Waals surface area contributed by atoms with Crippen molar-refractivity contribution in [3.63, 3.8) is 0 Å². The number of hydrogen-bond donors (Lipinski definition) is 1. The average molecular weight is 498 g/mol. The molecular formula is C22H28ClN3O6S. The van der Waals surface area contributed by atoms with Gasteiger partial charge in [0.1, 0.15) is 24.1 Å². The molecule has 9 nitrogen and oxygen atoms in total. The van der Waals surface area contributed by atoms with Crippen molar-refractivity contribution >= 4 is 39.1 Å². The molecule has 2 aromatic carbocycles. The molecule has 0 radical (unpaired) electrons. The van der Waals surface area contributed by atoms with Gasteiger partial charge in [-0.25, -0.2) is 8.42 Å². The van der Waals surface area contributed by atoms with Gasteiger partial charge in [0.25, 0.3) is 0 Å². The van der Waals surface area contributed by atoms with Crippen molar-refractivity contribution in [1.82, 2.24) is 10.2 Å². The summed E-state index contributed by atoms with van der Waals surface area (Å²) in [6.45, 7) is 1.09. The first-order valence-corrected chi connectivity index (χ1v) is 12.2. The van der Waals surface area contributed by atoms with E-state index in [0.717, 1.165) is 10.6 Å². The normalized spacial score (nSPS) is 11.9. The van der Waals surface area contributed by atoms with Gasteiger partial charge in [-0.3, -0.25) is 13.9 Å². The maximum absolute atomic E-state index is 13.4. The molecule has 1 atom stereocenters. The van der Waals surface area contributed by atoms with Crippen LogP contribution in [0, 0.1) is 0 Å². The Morgan fingerprint density at radius 2 is 1.82 bits per heavy atom. The summed E-state index contributed by atoms with van der Waals surface area (Å²) in [6.07, 6.45) is 0.993. The highest BCUT2D eigenvalue weighted by atomic mass is 35.5. The first-order valence-electron chi connectivity index (χ1n) is 9.97. The highest BCUT2D eigenvalue weighted by Gasteiger charge is 2.31. The Bertz CT molecular complexity index is 1110. The van der Waals surface area contributed by atoms with Crippen LogP contribution in [0.5, 0.6) is 11.5 Å². The Balaban J connectivity index is 2.45. The maximum Gasteiger partial charge on any atom is 0.244 e. The molecule has 180 valence electrons. The number of halogens is 1. The summed E-state index contributed by atoms with van der Waals surface area (Å²) in [5.74, 6) is -0.285. The van der Waals surface area contributed by atoms with Crippen LogP contribution in [0.4, 0.5) is 5.69 Å². The lowest BCUT2D eigenvalue weighted by Crippen LogP contribution is -2.50. The van der Waals surface area contributed by atoms with Gasteiger partial charge < -0.3 is 19.7 Å². The molecule has 2 rings (SSSR count). The number of likely N-dealkylation sites (N-methyl/N-ethyl adjacent to an activating group) is 1. The fourth-order valence-corrected chi connectivity index (χ4v) is 4.28. The number of carbonyl (C=O) groups excluding carboxylic acids is 2. The summed E-state index contributed by atoms with van der Waals surface area (Å²) in [5, 5.41) is 3.00. The Morgan fingerprint density at radius 3 is 2.36 bits per heavy atom. The van der Waals surface area contributed by atoms with Crippen molar-refractivity contribution in [3.05, 3.63) is 53.1 Å². The molecule has 1 N–H and O–H groups in total. The Labute approximate surface area is 199 Å². The van der Waals surface area contributed by atoms with Crippen LogP contribution in [0.3, 0.4) is 0 Å². The largest absolute Gasteiger partial charge is 0.497 e. The minimum atomic E-state index is -3.89. The van der Waals surface area contributed by atoms with Gasteiger partial charge in [0.15, 0.2) is 0 Å². The topological polar surface area (TPSA) is 105 Å². The van der Waals surface area contributed by atoms with Crippen molar-refractivity contribution in [1.29, 1.82) is 0 Å². The van der Waals surface area contributed by atoms with Gasteiger partial charge in [-0.05, 0) is 36.8 Å². The standard InChI is InChI=1S/C22H28ClN3O6S/c1-15(22(28)24-2)25(13-16-7-6-8-17(23)11-16)21(27)14-26(33(5,29)30)19-10-9-18(31-3)12-20(19)32-4/h6-12,15H,13-14H2,1-5H3,(H,24,28)/t15-/m0/s1. The number of methoxy groups -OCH3 is 2. The molecule has 11 heteroatoms. The third kappa shape index (κ3) is 6.75. The first kappa shape index (κ1) is 26.3. The fraction of sp³-hybridized carbons (Fsp3) is 0.364. The van der Waals surface area contributed by atoms with Crippen molar-refractivity contribution in [3.8, 4) is 11.5 Å². The van der Waals surface area contributed by atoms with Crippen LogP contribution in [0.25, 0.3) is 0 Å². The van der Waals surface area contributed by atoms with Crippen molar-refractivity contribution in [2.24, 2.45) is 0 Å². The summed E-state index contributed by atoms with van der Waals surface area (Å²) in [7, 11) is 0.439. The predicted octanol–water partition coefficient (Wildman–Crippen LogP) is 2.29. The molecule has 0 bridgehead atoms. The molecular weight excluding hydrogens is 470 g/mol. The number of carbonyl (C=O) groups is 2. The second-order valence-corrected chi connectivity index (χ2v) is 9.59. The zero-order valence-corrected chi connectivity index (χ0v) is 20.7. The van der Waals surface area contributed by atoms with E-state index in [2.05, 4.69) is 5.32 Å². The van der Waals surface area contributed by atoms with E-state index in [1.165, 1.54) is 38.3 Å². The van der Waals surface area contributed by atoms with Gasteiger partial charge in [-0.1, -0.05) is 23.7 Å². The van der Waals surface area contributed by atoms with Crippen LogP contribution >= 0.6 is 11.6 Å². The lowest BCUT2D eigenvalue weighted by atomic mass is 10.1. The molecule has 2 amide bonds. The molecule has 2 aromatic rings. The molecule has 0 saturated carbocycles. The number of ether oxygens (including phenoxy) is 2. The van der Waals surface area contributed by atoms with E-state index in [-0.39, 0.29) is 18.0 Å². The van der Waals surface area contributed by atoms with E-state index in [9.17, 15) is 18.0 Å². The summed E-state index contributed by atoms with van der Waals surface area (Å²) in [5.41, 5.74) is 0.865. The predicted molar refractivity (Wildman–Crippen MR) is 127 cm³/mol. The number of rotatable bonds is 10. The van der Waals surface area contributed by atoms with E-state index in [0.29, 0.717) is 16.3 Å². The quantitative estimate of drug-likeness (QED) is 0.540.